The maximum Gasteiger partial charge on any atom is 0.0576 e. The highest BCUT2D eigenvalue weighted by Gasteiger charge is 2.12. The molecular formula is C19H24ClN. The summed E-state index contributed by atoms with van der Waals surface area (Å²) in [5.74, 6) is 0. The summed E-state index contributed by atoms with van der Waals surface area (Å²) in [5, 5.41) is 4.34. The van der Waals surface area contributed by atoms with Crippen molar-refractivity contribution in [1.29, 1.82) is 0 Å². The Morgan fingerprint density at radius 1 is 0.905 bits per heavy atom. The maximum absolute atomic E-state index is 5.99. The Morgan fingerprint density at radius 3 is 2.00 bits per heavy atom. The zero-order valence-corrected chi connectivity index (χ0v) is 13.7. The van der Waals surface area contributed by atoms with Gasteiger partial charge in [0.25, 0.3) is 0 Å². The fourth-order valence-corrected chi connectivity index (χ4v) is 2.67. The highest BCUT2D eigenvalue weighted by atomic mass is 35.5. The molecule has 2 aromatic carbocycles. The van der Waals surface area contributed by atoms with E-state index in [0.29, 0.717) is 0 Å². The molecule has 0 saturated heterocycles. The van der Waals surface area contributed by atoms with Crippen LogP contribution in [0.2, 0.25) is 5.02 Å². The third kappa shape index (κ3) is 4.59. The van der Waals surface area contributed by atoms with Crippen molar-refractivity contribution in [2.24, 2.45) is 0 Å². The lowest BCUT2D eigenvalue weighted by molar-refractivity contribution is 0.630. The summed E-state index contributed by atoms with van der Waals surface area (Å²) in [6.45, 7) is 5.31. The van der Waals surface area contributed by atoms with Crippen molar-refractivity contribution < 1.29 is 0 Å². The second-order valence-corrected chi connectivity index (χ2v) is 5.82. The minimum atomic E-state index is 0.229. The average molecular weight is 302 g/mol. The van der Waals surface area contributed by atoms with Crippen molar-refractivity contribution in [3.8, 4) is 0 Å². The van der Waals surface area contributed by atoms with E-state index < -0.39 is 0 Å². The van der Waals surface area contributed by atoms with E-state index in [9.17, 15) is 0 Å². The maximum atomic E-state index is 5.99. The lowest BCUT2D eigenvalue weighted by Gasteiger charge is -2.19. The Balaban J connectivity index is 2.19. The van der Waals surface area contributed by atoms with Crippen LogP contribution in [0.1, 0.15) is 49.4 Å². The first kappa shape index (κ1) is 16.1. The summed E-state index contributed by atoms with van der Waals surface area (Å²) in [4.78, 5) is 0. The summed E-state index contributed by atoms with van der Waals surface area (Å²) < 4.78 is 0. The molecule has 112 valence electrons. The molecule has 0 bridgehead atoms. The molecule has 0 aliphatic carbocycles. The molecular weight excluding hydrogens is 278 g/mol. The van der Waals surface area contributed by atoms with E-state index in [2.05, 4.69) is 55.6 Å². The summed E-state index contributed by atoms with van der Waals surface area (Å²) >= 11 is 5.99. The van der Waals surface area contributed by atoms with Gasteiger partial charge in [0.05, 0.1) is 6.04 Å². The van der Waals surface area contributed by atoms with Gasteiger partial charge in [0, 0.05) is 5.02 Å². The smallest absolute Gasteiger partial charge is 0.0576 e. The molecule has 0 heterocycles. The molecule has 1 unspecified atom stereocenters. The molecule has 0 aromatic heterocycles. The van der Waals surface area contributed by atoms with Crippen molar-refractivity contribution in [3.05, 3.63) is 70.2 Å². The average Bonchev–Trinajstić information content (AvgIpc) is 2.52. The molecule has 0 saturated carbocycles. The largest absolute Gasteiger partial charge is 0.307 e. The van der Waals surface area contributed by atoms with E-state index in [0.717, 1.165) is 11.6 Å². The normalized spacial score (nSPS) is 12.3. The van der Waals surface area contributed by atoms with Crippen LogP contribution in [0.4, 0.5) is 0 Å². The molecule has 0 radical (unpaired) electrons. The Hall–Kier alpha value is -1.31. The number of unbranched alkanes of at least 4 members (excludes halogenated alkanes) is 1. The van der Waals surface area contributed by atoms with Crippen LogP contribution >= 0.6 is 11.6 Å². The highest BCUT2D eigenvalue weighted by Crippen LogP contribution is 2.24. The molecule has 0 fully saturated rings. The van der Waals surface area contributed by atoms with E-state index >= 15 is 0 Å². The molecule has 0 aliphatic rings. The predicted molar refractivity (Wildman–Crippen MR) is 92.0 cm³/mol. The summed E-state index contributed by atoms with van der Waals surface area (Å²) in [6, 6.07) is 17.3. The first-order valence-electron chi connectivity index (χ1n) is 7.82. The van der Waals surface area contributed by atoms with Gasteiger partial charge in [0.2, 0.25) is 0 Å². The zero-order valence-electron chi connectivity index (χ0n) is 12.9. The monoisotopic (exact) mass is 301 g/mol. The molecule has 2 heteroatoms. The topological polar surface area (TPSA) is 12.0 Å². The molecule has 2 aromatic rings. The number of hydrogen-bond acceptors (Lipinski definition) is 1. The zero-order chi connectivity index (χ0) is 15.1. The van der Waals surface area contributed by atoms with Crippen LogP contribution in [0.3, 0.4) is 0 Å². The van der Waals surface area contributed by atoms with Crippen molar-refractivity contribution in [2.45, 2.75) is 39.2 Å². The second kappa shape index (κ2) is 8.21. The molecule has 0 aliphatic heterocycles. The molecule has 1 N–H and O–H groups in total. The van der Waals surface area contributed by atoms with Crippen LogP contribution in [-0.2, 0) is 6.42 Å². The van der Waals surface area contributed by atoms with Crippen molar-refractivity contribution in [1.82, 2.24) is 5.32 Å². The Morgan fingerprint density at radius 2 is 1.48 bits per heavy atom. The molecule has 1 atom stereocenters. The SMILES string of the molecule is CCCCc1ccc(C(NCC)c2ccc(Cl)cc2)cc1. The molecule has 1 nitrogen and oxygen atoms in total. The van der Waals surface area contributed by atoms with Crippen molar-refractivity contribution in [3.63, 3.8) is 0 Å². The van der Waals surface area contributed by atoms with Crippen LogP contribution in [-0.4, -0.2) is 6.54 Å². The van der Waals surface area contributed by atoms with Crippen LogP contribution < -0.4 is 5.32 Å². The standard InChI is InChI=1S/C19H24ClN/c1-3-5-6-15-7-9-16(10-8-15)19(21-4-2)17-11-13-18(20)14-12-17/h7-14,19,21H,3-6H2,1-2H3. The van der Waals surface area contributed by atoms with Crippen LogP contribution in [0.5, 0.6) is 0 Å². The van der Waals surface area contributed by atoms with E-state index in [4.69, 9.17) is 11.6 Å². The van der Waals surface area contributed by atoms with Gasteiger partial charge in [-0.25, -0.2) is 0 Å². The van der Waals surface area contributed by atoms with Gasteiger partial charge in [-0.2, -0.15) is 0 Å². The van der Waals surface area contributed by atoms with Gasteiger partial charge in [0.1, 0.15) is 0 Å². The van der Waals surface area contributed by atoms with Gasteiger partial charge >= 0.3 is 0 Å². The fraction of sp³-hybridized carbons (Fsp3) is 0.368. The minimum Gasteiger partial charge on any atom is -0.307 e. The molecule has 0 spiro atoms. The number of hydrogen-bond donors (Lipinski definition) is 1. The lowest BCUT2D eigenvalue weighted by Crippen LogP contribution is -2.21. The molecule has 21 heavy (non-hydrogen) atoms. The third-order valence-electron chi connectivity index (χ3n) is 3.74. The van der Waals surface area contributed by atoms with Crippen molar-refractivity contribution >= 4 is 11.6 Å². The first-order valence-corrected chi connectivity index (χ1v) is 8.20. The fourth-order valence-electron chi connectivity index (χ4n) is 2.55. The number of nitrogens with one attached hydrogen (secondary N) is 1. The molecule has 2 rings (SSSR count). The van der Waals surface area contributed by atoms with E-state index in [1.807, 2.05) is 12.1 Å². The lowest BCUT2D eigenvalue weighted by atomic mass is 9.97. The Bertz CT molecular complexity index is 530. The third-order valence-corrected chi connectivity index (χ3v) is 4.00. The van der Waals surface area contributed by atoms with E-state index in [1.165, 1.54) is 36.0 Å². The number of rotatable bonds is 7. The minimum absolute atomic E-state index is 0.229. The van der Waals surface area contributed by atoms with Gasteiger partial charge in [-0.3, -0.25) is 0 Å². The number of halogens is 1. The summed E-state index contributed by atoms with van der Waals surface area (Å²) in [5.41, 5.74) is 3.98. The number of aryl methyl sites for hydroxylation is 1. The summed E-state index contributed by atoms with van der Waals surface area (Å²) in [7, 11) is 0. The van der Waals surface area contributed by atoms with Gasteiger partial charge < -0.3 is 5.32 Å². The quantitative estimate of drug-likeness (QED) is 0.724. The van der Waals surface area contributed by atoms with Crippen LogP contribution in [0, 0.1) is 0 Å². The summed E-state index contributed by atoms with van der Waals surface area (Å²) in [6.07, 6.45) is 3.67. The van der Waals surface area contributed by atoms with Gasteiger partial charge in [0.15, 0.2) is 0 Å². The highest BCUT2D eigenvalue weighted by molar-refractivity contribution is 6.30. The Kier molecular flexibility index (Phi) is 6.28. The van der Waals surface area contributed by atoms with Gasteiger partial charge in [-0.15, -0.1) is 0 Å². The van der Waals surface area contributed by atoms with E-state index in [-0.39, 0.29) is 6.04 Å². The second-order valence-electron chi connectivity index (χ2n) is 5.39. The Labute approximate surface area is 133 Å². The molecule has 0 amide bonds. The van der Waals surface area contributed by atoms with Gasteiger partial charge in [-0.05, 0) is 48.2 Å². The van der Waals surface area contributed by atoms with Gasteiger partial charge in [-0.1, -0.05) is 68.3 Å². The predicted octanol–water partition coefficient (Wildman–Crippen LogP) is 5.38. The first-order chi connectivity index (χ1) is 10.2. The van der Waals surface area contributed by atoms with E-state index in [1.54, 1.807) is 0 Å². The number of benzene rings is 2. The van der Waals surface area contributed by atoms with Crippen LogP contribution in [0.25, 0.3) is 0 Å². The van der Waals surface area contributed by atoms with Crippen LogP contribution in [0.15, 0.2) is 48.5 Å². The van der Waals surface area contributed by atoms with Crippen molar-refractivity contribution in [2.75, 3.05) is 6.54 Å².